The van der Waals surface area contributed by atoms with Crippen LogP contribution in [0.3, 0.4) is 0 Å². The summed E-state index contributed by atoms with van der Waals surface area (Å²) in [5.41, 5.74) is 1.54. The molecular weight excluding hydrogens is 242 g/mol. The van der Waals surface area contributed by atoms with E-state index in [9.17, 15) is 0 Å². The summed E-state index contributed by atoms with van der Waals surface area (Å²) < 4.78 is 0. The average molecular weight is 273 g/mol. The van der Waals surface area contributed by atoms with E-state index in [1.165, 1.54) is 51.5 Å². The maximum absolute atomic E-state index is 3.77. The van der Waals surface area contributed by atoms with Gasteiger partial charge in [-0.25, -0.2) is 0 Å². The van der Waals surface area contributed by atoms with Crippen LogP contribution in [0, 0.1) is 5.92 Å². The first kappa shape index (κ1) is 15.6. The van der Waals surface area contributed by atoms with Crippen molar-refractivity contribution in [2.45, 2.75) is 70.8 Å². The van der Waals surface area contributed by atoms with E-state index in [2.05, 4.69) is 49.5 Å². The molecule has 0 unspecified atom stereocenters. The molecule has 0 heterocycles. The van der Waals surface area contributed by atoms with E-state index in [0.29, 0.717) is 0 Å². The van der Waals surface area contributed by atoms with Crippen molar-refractivity contribution in [2.75, 3.05) is 6.54 Å². The Bertz CT molecular complexity index is 349. The molecule has 1 N–H and O–H groups in total. The molecule has 2 rings (SSSR count). The van der Waals surface area contributed by atoms with Gasteiger partial charge in [0.2, 0.25) is 0 Å². The van der Waals surface area contributed by atoms with Crippen LogP contribution in [0.4, 0.5) is 0 Å². The summed E-state index contributed by atoms with van der Waals surface area (Å²) in [6.45, 7) is 5.85. The highest BCUT2D eigenvalue weighted by Gasteiger charge is 2.21. The fraction of sp³-hybridized carbons (Fsp3) is 0.684. The first-order chi connectivity index (χ1) is 9.75. The second-order valence-electron chi connectivity index (χ2n) is 6.80. The van der Waals surface area contributed by atoms with Crippen molar-refractivity contribution in [2.24, 2.45) is 5.92 Å². The predicted octanol–water partition coefficient (Wildman–Crippen LogP) is 5.13. The number of benzene rings is 1. The molecule has 0 bridgehead atoms. The first-order valence-electron chi connectivity index (χ1n) is 8.54. The minimum absolute atomic E-state index is 0.772. The molecule has 1 aromatic carbocycles. The van der Waals surface area contributed by atoms with Gasteiger partial charge in [0.25, 0.3) is 0 Å². The highest BCUT2D eigenvalue weighted by Crippen LogP contribution is 2.32. The van der Waals surface area contributed by atoms with Crippen LogP contribution < -0.4 is 5.32 Å². The summed E-state index contributed by atoms with van der Waals surface area (Å²) in [5, 5.41) is 3.77. The van der Waals surface area contributed by atoms with Crippen LogP contribution in [0.1, 0.15) is 70.3 Å². The van der Waals surface area contributed by atoms with E-state index in [4.69, 9.17) is 0 Å². The molecule has 0 radical (unpaired) electrons. The standard InChI is InChI=1S/C19H31N/c1-16(2)8-6-7-15-20-19-13-11-18(12-14-19)17-9-4-3-5-10-17/h3-5,9-10,16,18-20H,6-8,11-15H2,1-2H3. The molecule has 0 atom stereocenters. The van der Waals surface area contributed by atoms with Gasteiger partial charge in [0.1, 0.15) is 0 Å². The Morgan fingerprint density at radius 2 is 1.70 bits per heavy atom. The van der Waals surface area contributed by atoms with E-state index in [-0.39, 0.29) is 0 Å². The molecule has 1 aliphatic carbocycles. The molecule has 0 aliphatic heterocycles. The van der Waals surface area contributed by atoms with Crippen molar-refractivity contribution in [3.05, 3.63) is 35.9 Å². The number of hydrogen-bond acceptors (Lipinski definition) is 1. The maximum Gasteiger partial charge on any atom is 0.00674 e. The second-order valence-corrected chi connectivity index (χ2v) is 6.80. The molecule has 0 aromatic heterocycles. The Hall–Kier alpha value is -0.820. The lowest BCUT2D eigenvalue weighted by molar-refractivity contribution is 0.339. The van der Waals surface area contributed by atoms with Gasteiger partial charge in [-0.2, -0.15) is 0 Å². The van der Waals surface area contributed by atoms with E-state index in [1.54, 1.807) is 5.56 Å². The smallest absolute Gasteiger partial charge is 0.00674 e. The molecule has 1 heteroatoms. The maximum atomic E-state index is 3.77. The van der Waals surface area contributed by atoms with Crippen molar-refractivity contribution in [1.82, 2.24) is 5.32 Å². The molecule has 0 saturated heterocycles. The zero-order chi connectivity index (χ0) is 14.2. The van der Waals surface area contributed by atoms with Gasteiger partial charge in [-0.3, -0.25) is 0 Å². The van der Waals surface area contributed by atoms with Crippen LogP contribution in [0.25, 0.3) is 0 Å². The number of rotatable bonds is 7. The van der Waals surface area contributed by atoms with Crippen LogP contribution in [-0.2, 0) is 0 Å². The zero-order valence-electron chi connectivity index (χ0n) is 13.3. The lowest BCUT2D eigenvalue weighted by Crippen LogP contribution is -2.33. The summed E-state index contributed by atoms with van der Waals surface area (Å²) in [6, 6.07) is 11.8. The van der Waals surface area contributed by atoms with Gasteiger partial charge in [-0.1, -0.05) is 57.0 Å². The van der Waals surface area contributed by atoms with Crippen molar-refractivity contribution in [3.8, 4) is 0 Å². The highest BCUT2D eigenvalue weighted by molar-refractivity contribution is 5.20. The zero-order valence-corrected chi connectivity index (χ0v) is 13.3. The van der Waals surface area contributed by atoms with Gasteiger partial charge in [0.05, 0.1) is 0 Å². The van der Waals surface area contributed by atoms with Gasteiger partial charge < -0.3 is 5.32 Å². The minimum atomic E-state index is 0.772. The van der Waals surface area contributed by atoms with Gasteiger partial charge in [-0.15, -0.1) is 0 Å². The molecular formula is C19H31N. The van der Waals surface area contributed by atoms with Crippen LogP contribution in [0.2, 0.25) is 0 Å². The minimum Gasteiger partial charge on any atom is -0.314 e. The lowest BCUT2D eigenvalue weighted by atomic mass is 9.82. The third kappa shape index (κ3) is 5.28. The summed E-state index contributed by atoms with van der Waals surface area (Å²) >= 11 is 0. The van der Waals surface area contributed by atoms with Gasteiger partial charge in [-0.05, 0) is 56.0 Å². The Balaban J connectivity index is 1.60. The Labute approximate surface area is 125 Å². The summed E-state index contributed by atoms with van der Waals surface area (Å²) in [6.07, 6.45) is 9.51. The summed E-state index contributed by atoms with van der Waals surface area (Å²) in [5.74, 6) is 1.66. The molecule has 1 fully saturated rings. The summed E-state index contributed by atoms with van der Waals surface area (Å²) in [4.78, 5) is 0. The largest absolute Gasteiger partial charge is 0.314 e. The molecule has 0 spiro atoms. The van der Waals surface area contributed by atoms with Crippen LogP contribution >= 0.6 is 0 Å². The van der Waals surface area contributed by atoms with Crippen molar-refractivity contribution < 1.29 is 0 Å². The van der Waals surface area contributed by atoms with E-state index in [1.807, 2.05) is 0 Å². The third-order valence-electron chi connectivity index (χ3n) is 4.64. The molecule has 1 aromatic rings. The third-order valence-corrected chi connectivity index (χ3v) is 4.64. The topological polar surface area (TPSA) is 12.0 Å². The quantitative estimate of drug-likeness (QED) is 0.679. The Morgan fingerprint density at radius 3 is 2.35 bits per heavy atom. The first-order valence-corrected chi connectivity index (χ1v) is 8.54. The SMILES string of the molecule is CC(C)CCCCNC1CCC(c2ccccc2)CC1. The highest BCUT2D eigenvalue weighted by atomic mass is 14.9. The van der Waals surface area contributed by atoms with E-state index < -0.39 is 0 Å². The van der Waals surface area contributed by atoms with Crippen LogP contribution in [0.15, 0.2) is 30.3 Å². The van der Waals surface area contributed by atoms with Gasteiger partial charge >= 0.3 is 0 Å². The van der Waals surface area contributed by atoms with Crippen LogP contribution in [-0.4, -0.2) is 12.6 Å². The Morgan fingerprint density at radius 1 is 1.00 bits per heavy atom. The van der Waals surface area contributed by atoms with Crippen LogP contribution in [0.5, 0.6) is 0 Å². The number of nitrogens with one attached hydrogen (secondary N) is 1. The second kappa shape index (κ2) is 8.46. The summed E-state index contributed by atoms with van der Waals surface area (Å²) in [7, 11) is 0. The lowest BCUT2D eigenvalue weighted by Gasteiger charge is -2.29. The van der Waals surface area contributed by atoms with Gasteiger partial charge in [0, 0.05) is 6.04 Å². The average Bonchev–Trinajstić information content (AvgIpc) is 2.48. The normalized spacial score (nSPS) is 23.1. The van der Waals surface area contributed by atoms with Crippen molar-refractivity contribution >= 4 is 0 Å². The van der Waals surface area contributed by atoms with Gasteiger partial charge in [0.15, 0.2) is 0 Å². The fourth-order valence-electron chi connectivity index (χ4n) is 3.34. The monoisotopic (exact) mass is 273 g/mol. The molecule has 112 valence electrons. The number of hydrogen-bond donors (Lipinski definition) is 1. The molecule has 1 saturated carbocycles. The fourth-order valence-corrected chi connectivity index (χ4v) is 3.34. The van der Waals surface area contributed by atoms with E-state index in [0.717, 1.165) is 17.9 Å². The molecule has 20 heavy (non-hydrogen) atoms. The molecule has 1 nitrogen and oxygen atoms in total. The van der Waals surface area contributed by atoms with Crippen molar-refractivity contribution in [3.63, 3.8) is 0 Å². The molecule has 1 aliphatic rings. The predicted molar refractivity (Wildman–Crippen MR) is 88.1 cm³/mol. The molecule has 0 amide bonds. The Kier molecular flexibility index (Phi) is 6.59. The number of unbranched alkanes of at least 4 members (excludes halogenated alkanes) is 1. The van der Waals surface area contributed by atoms with Crippen molar-refractivity contribution in [1.29, 1.82) is 0 Å². The van der Waals surface area contributed by atoms with E-state index >= 15 is 0 Å².